The molecule has 2 aromatic rings. The molecule has 1 aliphatic carbocycles. The SMILES string of the molecule is N#Cc1nccc(OC2CC(c3ccc(F)cc3)CC2N2CCCC(N)C2)n1. The Bertz CT molecular complexity index is 853. The van der Waals surface area contributed by atoms with Crippen molar-refractivity contribution in [2.24, 2.45) is 5.73 Å². The zero-order valence-electron chi connectivity index (χ0n) is 15.7. The van der Waals surface area contributed by atoms with Crippen LogP contribution >= 0.6 is 0 Å². The number of ether oxygens (including phenoxy) is 1. The lowest BCUT2D eigenvalue weighted by Crippen LogP contribution is -2.51. The highest BCUT2D eigenvalue weighted by Gasteiger charge is 2.41. The minimum absolute atomic E-state index is 0.0678. The van der Waals surface area contributed by atoms with Crippen LogP contribution in [0.3, 0.4) is 0 Å². The van der Waals surface area contributed by atoms with E-state index >= 15 is 0 Å². The predicted molar refractivity (Wildman–Crippen MR) is 102 cm³/mol. The number of halogens is 1. The molecule has 1 saturated carbocycles. The van der Waals surface area contributed by atoms with E-state index in [2.05, 4.69) is 14.9 Å². The highest BCUT2D eigenvalue weighted by Crippen LogP contribution is 2.39. The van der Waals surface area contributed by atoms with Crippen LogP contribution in [0.2, 0.25) is 0 Å². The van der Waals surface area contributed by atoms with Crippen LogP contribution in [0.4, 0.5) is 4.39 Å². The second-order valence-electron chi connectivity index (χ2n) is 7.67. The number of benzene rings is 1. The number of nitriles is 1. The molecule has 0 spiro atoms. The quantitative estimate of drug-likeness (QED) is 0.876. The smallest absolute Gasteiger partial charge is 0.235 e. The Balaban J connectivity index is 1.56. The molecular weight excluding hydrogens is 357 g/mol. The van der Waals surface area contributed by atoms with E-state index < -0.39 is 0 Å². The summed E-state index contributed by atoms with van der Waals surface area (Å²) >= 11 is 0. The summed E-state index contributed by atoms with van der Waals surface area (Å²) in [5.74, 6) is 0.578. The van der Waals surface area contributed by atoms with Crippen molar-refractivity contribution in [2.45, 2.75) is 49.8 Å². The molecule has 1 aliphatic heterocycles. The third-order valence-corrected chi connectivity index (χ3v) is 5.77. The van der Waals surface area contributed by atoms with Gasteiger partial charge in [0.2, 0.25) is 11.7 Å². The summed E-state index contributed by atoms with van der Waals surface area (Å²) in [7, 11) is 0. The zero-order valence-corrected chi connectivity index (χ0v) is 15.7. The summed E-state index contributed by atoms with van der Waals surface area (Å²) in [5, 5.41) is 9.04. The van der Waals surface area contributed by atoms with Crippen molar-refractivity contribution in [3.63, 3.8) is 0 Å². The minimum atomic E-state index is -0.224. The molecule has 4 atom stereocenters. The molecule has 0 amide bonds. The van der Waals surface area contributed by atoms with Crippen molar-refractivity contribution >= 4 is 0 Å². The van der Waals surface area contributed by atoms with E-state index in [4.69, 9.17) is 15.7 Å². The number of rotatable bonds is 4. The molecular formula is C21H24FN5O. The largest absolute Gasteiger partial charge is 0.473 e. The monoisotopic (exact) mass is 381 g/mol. The molecule has 1 aromatic carbocycles. The molecule has 2 fully saturated rings. The van der Waals surface area contributed by atoms with Gasteiger partial charge in [0.05, 0.1) is 0 Å². The molecule has 0 radical (unpaired) electrons. The Hall–Kier alpha value is -2.56. The summed E-state index contributed by atoms with van der Waals surface area (Å²) in [6.45, 7) is 1.86. The number of likely N-dealkylation sites (tertiary alicyclic amines) is 1. The second-order valence-corrected chi connectivity index (χ2v) is 7.67. The van der Waals surface area contributed by atoms with Crippen molar-refractivity contribution in [3.05, 3.63) is 53.7 Å². The third-order valence-electron chi connectivity index (χ3n) is 5.77. The van der Waals surface area contributed by atoms with Crippen LogP contribution in [-0.4, -0.2) is 46.1 Å². The van der Waals surface area contributed by atoms with E-state index in [9.17, 15) is 4.39 Å². The van der Waals surface area contributed by atoms with Gasteiger partial charge in [-0.15, -0.1) is 0 Å². The standard InChI is InChI=1S/C21H24FN5O/c22-16-5-3-14(4-6-16)15-10-18(27-9-1-2-17(24)13-27)19(11-15)28-21-7-8-25-20(12-23)26-21/h3-8,15,17-19H,1-2,9-11,13,24H2. The molecule has 2 aliphatic rings. The molecule has 1 saturated heterocycles. The van der Waals surface area contributed by atoms with Crippen LogP contribution in [-0.2, 0) is 0 Å². The molecule has 2 heterocycles. The van der Waals surface area contributed by atoms with Crippen LogP contribution in [0.15, 0.2) is 36.5 Å². The first-order valence-corrected chi connectivity index (χ1v) is 9.77. The first-order valence-electron chi connectivity index (χ1n) is 9.77. The fraction of sp³-hybridized carbons (Fsp3) is 0.476. The van der Waals surface area contributed by atoms with Gasteiger partial charge in [-0.2, -0.15) is 10.2 Å². The highest BCUT2D eigenvalue weighted by atomic mass is 19.1. The molecule has 2 N–H and O–H groups in total. The average molecular weight is 381 g/mol. The van der Waals surface area contributed by atoms with Gasteiger partial charge in [-0.3, -0.25) is 4.90 Å². The first kappa shape index (κ1) is 18.8. The zero-order chi connectivity index (χ0) is 19.5. The molecule has 6 nitrogen and oxygen atoms in total. The fourth-order valence-electron chi connectivity index (χ4n) is 4.45. The molecule has 28 heavy (non-hydrogen) atoms. The van der Waals surface area contributed by atoms with E-state index in [1.165, 1.54) is 12.1 Å². The van der Waals surface area contributed by atoms with Gasteiger partial charge in [0.15, 0.2) is 0 Å². The molecule has 0 bridgehead atoms. The molecule has 4 rings (SSSR count). The van der Waals surface area contributed by atoms with Gasteiger partial charge in [-0.05, 0) is 55.8 Å². The second kappa shape index (κ2) is 8.21. The maximum atomic E-state index is 13.3. The van der Waals surface area contributed by atoms with Crippen molar-refractivity contribution < 1.29 is 9.13 Å². The highest BCUT2D eigenvalue weighted by molar-refractivity contribution is 5.24. The number of piperidine rings is 1. The van der Waals surface area contributed by atoms with Crippen LogP contribution in [0.25, 0.3) is 0 Å². The van der Waals surface area contributed by atoms with Crippen LogP contribution in [0.5, 0.6) is 5.88 Å². The van der Waals surface area contributed by atoms with Crippen molar-refractivity contribution in [3.8, 4) is 11.9 Å². The van der Waals surface area contributed by atoms with Crippen LogP contribution < -0.4 is 10.5 Å². The van der Waals surface area contributed by atoms with Gasteiger partial charge in [-0.1, -0.05) is 12.1 Å². The topological polar surface area (TPSA) is 88.1 Å². The molecule has 1 aromatic heterocycles. The van der Waals surface area contributed by atoms with E-state index in [0.29, 0.717) is 5.88 Å². The lowest BCUT2D eigenvalue weighted by molar-refractivity contribution is 0.0655. The van der Waals surface area contributed by atoms with Gasteiger partial charge >= 0.3 is 0 Å². The minimum Gasteiger partial charge on any atom is -0.473 e. The first-order chi connectivity index (χ1) is 13.6. The Morgan fingerprint density at radius 3 is 2.79 bits per heavy atom. The van der Waals surface area contributed by atoms with E-state index in [-0.39, 0.29) is 35.7 Å². The number of hydrogen-bond acceptors (Lipinski definition) is 6. The summed E-state index contributed by atoms with van der Waals surface area (Å²) in [5.41, 5.74) is 7.33. The molecule has 4 unspecified atom stereocenters. The average Bonchev–Trinajstić information content (AvgIpc) is 3.12. The third kappa shape index (κ3) is 4.13. The Kier molecular flexibility index (Phi) is 5.51. The van der Waals surface area contributed by atoms with Crippen LogP contribution in [0.1, 0.15) is 43.0 Å². The van der Waals surface area contributed by atoms with E-state index in [0.717, 1.165) is 44.3 Å². The van der Waals surface area contributed by atoms with Gasteiger partial charge in [-0.25, -0.2) is 9.37 Å². The molecule has 146 valence electrons. The number of aromatic nitrogens is 2. The van der Waals surface area contributed by atoms with Gasteiger partial charge in [0.1, 0.15) is 18.0 Å². The Labute approximate surface area is 164 Å². The van der Waals surface area contributed by atoms with Crippen molar-refractivity contribution in [1.82, 2.24) is 14.9 Å². The van der Waals surface area contributed by atoms with Gasteiger partial charge < -0.3 is 10.5 Å². The lowest BCUT2D eigenvalue weighted by Gasteiger charge is -2.37. The maximum absolute atomic E-state index is 13.3. The maximum Gasteiger partial charge on any atom is 0.235 e. The molecule has 7 heteroatoms. The van der Waals surface area contributed by atoms with E-state index in [1.54, 1.807) is 12.3 Å². The number of hydrogen-bond donors (Lipinski definition) is 1. The lowest BCUT2D eigenvalue weighted by atomic mass is 9.97. The Morgan fingerprint density at radius 1 is 1.21 bits per heavy atom. The summed E-state index contributed by atoms with van der Waals surface area (Å²) in [4.78, 5) is 10.5. The number of nitrogens with zero attached hydrogens (tertiary/aromatic N) is 4. The fourth-order valence-corrected chi connectivity index (χ4v) is 4.45. The van der Waals surface area contributed by atoms with Crippen LogP contribution in [0, 0.1) is 17.1 Å². The number of nitrogens with two attached hydrogens (primary N) is 1. The summed E-state index contributed by atoms with van der Waals surface area (Å²) < 4.78 is 19.6. The predicted octanol–water partition coefficient (Wildman–Crippen LogP) is 2.60. The van der Waals surface area contributed by atoms with E-state index in [1.807, 2.05) is 18.2 Å². The van der Waals surface area contributed by atoms with Crippen molar-refractivity contribution in [1.29, 1.82) is 5.26 Å². The van der Waals surface area contributed by atoms with Gasteiger partial charge in [0, 0.05) is 30.9 Å². The summed E-state index contributed by atoms with van der Waals surface area (Å²) in [6.07, 6.45) is 5.35. The Morgan fingerprint density at radius 2 is 2.04 bits per heavy atom. The summed E-state index contributed by atoms with van der Waals surface area (Å²) in [6, 6.07) is 10.8. The normalized spacial score (nSPS) is 28.0. The van der Waals surface area contributed by atoms with Crippen molar-refractivity contribution in [2.75, 3.05) is 13.1 Å². The van der Waals surface area contributed by atoms with Gasteiger partial charge in [0.25, 0.3) is 0 Å².